The number of furan rings is 1. The van der Waals surface area contributed by atoms with Gasteiger partial charge < -0.3 is 13.6 Å². The lowest BCUT2D eigenvalue weighted by atomic mass is 9.86. The van der Waals surface area contributed by atoms with Gasteiger partial charge in [0.25, 0.3) is 0 Å². The van der Waals surface area contributed by atoms with E-state index in [0.29, 0.717) is 21.8 Å². The van der Waals surface area contributed by atoms with E-state index in [9.17, 15) is 9.59 Å². The molecule has 0 amide bonds. The molecule has 0 N–H and O–H groups in total. The van der Waals surface area contributed by atoms with Crippen LogP contribution in [0.4, 0.5) is 0 Å². The zero-order chi connectivity index (χ0) is 24.7. The minimum atomic E-state index is -0.402. The van der Waals surface area contributed by atoms with Crippen LogP contribution in [-0.2, 0) is 5.41 Å². The molecule has 5 rings (SSSR count). The number of carbonyl (C=O) groups excluding carboxylic acids is 1. The maximum Gasteiger partial charge on any atom is 0.235 e. The summed E-state index contributed by atoms with van der Waals surface area (Å²) in [5.41, 5.74) is 2.36. The summed E-state index contributed by atoms with van der Waals surface area (Å²) in [5, 5.41) is 1.49. The first-order valence-corrected chi connectivity index (χ1v) is 11.6. The molecule has 6 heteroatoms. The molecule has 0 atom stereocenters. The van der Waals surface area contributed by atoms with Crippen molar-refractivity contribution in [2.45, 2.75) is 26.2 Å². The monoisotopic (exact) mass is 486 g/mol. The Hall–Kier alpha value is -3.83. The van der Waals surface area contributed by atoms with Crippen molar-refractivity contribution in [3.05, 3.63) is 99.4 Å². The van der Waals surface area contributed by atoms with Crippen LogP contribution in [0.1, 0.15) is 36.9 Å². The molecular formula is C29H23ClO5. The first-order chi connectivity index (χ1) is 16.7. The zero-order valence-electron chi connectivity index (χ0n) is 19.6. The summed E-state index contributed by atoms with van der Waals surface area (Å²) in [6.07, 6.45) is 0. The van der Waals surface area contributed by atoms with Gasteiger partial charge in [-0.2, -0.15) is 0 Å². The van der Waals surface area contributed by atoms with E-state index in [1.807, 2.05) is 42.5 Å². The Kier molecular flexibility index (Phi) is 5.73. The molecule has 2 aromatic heterocycles. The van der Waals surface area contributed by atoms with Crippen LogP contribution in [0.2, 0.25) is 5.02 Å². The SMILES string of the molecule is CC(C)(C)c1ccc(-c2oc3ccc(Cl)cc3c(=O)c2OCC(=O)c2cc3ccccc3o2)cc1. The van der Waals surface area contributed by atoms with E-state index in [1.165, 1.54) is 6.07 Å². The van der Waals surface area contributed by atoms with Crippen molar-refractivity contribution in [1.29, 1.82) is 0 Å². The highest BCUT2D eigenvalue weighted by Gasteiger charge is 2.22. The minimum Gasteiger partial charge on any atom is -0.478 e. The van der Waals surface area contributed by atoms with E-state index >= 15 is 0 Å². The van der Waals surface area contributed by atoms with Crippen molar-refractivity contribution in [3.63, 3.8) is 0 Å². The lowest BCUT2D eigenvalue weighted by Crippen LogP contribution is -2.17. The predicted octanol–water partition coefficient (Wildman–Crippen LogP) is 7.42. The van der Waals surface area contributed by atoms with E-state index in [4.69, 9.17) is 25.2 Å². The number of halogens is 1. The van der Waals surface area contributed by atoms with E-state index < -0.39 is 5.43 Å². The molecule has 0 bridgehead atoms. The second kappa shape index (κ2) is 8.75. The van der Waals surface area contributed by atoms with Crippen LogP contribution in [0.5, 0.6) is 5.75 Å². The van der Waals surface area contributed by atoms with Crippen molar-refractivity contribution in [2.75, 3.05) is 6.61 Å². The Morgan fingerprint density at radius 3 is 2.37 bits per heavy atom. The van der Waals surface area contributed by atoms with Gasteiger partial charge in [-0.05, 0) is 41.3 Å². The molecule has 0 unspecified atom stereocenters. The number of para-hydroxylation sites is 1. The van der Waals surface area contributed by atoms with Gasteiger partial charge in [-0.3, -0.25) is 9.59 Å². The fourth-order valence-electron chi connectivity index (χ4n) is 3.92. The largest absolute Gasteiger partial charge is 0.478 e. The fourth-order valence-corrected chi connectivity index (χ4v) is 4.09. The summed E-state index contributed by atoms with van der Waals surface area (Å²) in [4.78, 5) is 26.3. The summed E-state index contributed by atoms with van der Waals surface area (Å²) in [6, 6.07) is 21.6. The smallest absolute Gasteiger partial charge is 0.235 e. The van der Waals surface area contributed by atoms with Gasteiger partial charge in [-0.1, -0.05) is 74.8 Å². The quantitative estimate of drug-likeness (QED) is 0.242. The zero-order valence-corrected chi connectivity index (χ0v) is 20.3. The first kappa shape index (κ1) is 22.9. The number of fused-ring (bicyclic) bond motifs is 2. The van der Waals surface area contributed by atoms with Crippen molar-refractivity contribution < 1.29 is 18.4 Å². The average molecular weight is 487 g/mol. The van der Waals surface area contributed by atoms with E-state index in [0.717, 1.165) is 10.9 Å². The molecule has 35 heavy (non-hydrogen) atoms. The molecule has 3 aromatic carbocycles. The van der Waals surface area contributed by atoms with Crippen LogP contribution in [0.3, 0.4) is 0 Å². The molecule has 5 aromatic rings. The van der Waals surface area contributed by atoms with Crippen molar-refractivity contribution >= 4 is 39.3 Å². The Labute approximate surface area is 206 Å². The summed E-state index contributed by atoms with van der Waals surface area (Å²) in [5.74, 6) is -0.0215. The van der Waals surface area contributed by atoms with E-state index in [-0.39, 0.29) is 40.5 Å². The Balaban J connectivity index is 1.55. The number of rotatable bonds is 5. The van der Waals surface area contributed by atoms with E-state index in [2.05, 4.69) is 20.8 Å². The summed E-state index contributed by atoms with van der Waals surface area (Å²) >= 11 is 6.12. The molecule has 0 radical (unpaired) electrons. The number of ketones is 1. The van der Waals surface area contributed by atoms with Gasteiger partial charge in [0.1, 0.15) is 11.2 Å². The Bertz CT molecular complexity index is 1580. The number of carbonyl (C=O) groups is 1. The van der Waals surface area contributed by atoms with Gasteiger partial charge in [0.2, 0.25) is 17.0 Å². The fraction of sp³-hybridized carbons (Fsp3) is 0.172. The predicted molar refractivity (Wildman–Crippen MR) is 138 cm³/mol. The van der Waals surface area contributed by atoms with Gasteiger partial charge >= 0.3 is 0 Å². The molecule has 0 saturated heterocycles. The van der Waals surface area contributed by atoms with E-state index in [1.54, 1.807) is 24.3 Å². The molecule has 0 spiro atoms. The standard InChI is InChI=1S/C29H23ClO5/c1-29(2,3)19-10-8-17(9-11-19)27-28(26(32)21-15-20(30)12-13-24(21)35-27)33-16-22(31)25-14-18-6-4-5-7-23(18)34-25/h4-15H,16H2,1-3H3. The molecule has 176 valence electrons. The normalized spacial score (nSPS) is 11.8. The lowest BCUT2D eigenvalue weighted by molar-refractivity contribution is 0.0894. The van der Waals surface area contributed by atoms with Crippen LogP contribution in [0.15, 0.2) is 86.4 Å². The number of benzene rings is 3. The second-order valence-corrected chi connectivity index (χ2v) is 9.85. The van der Waals surface area contributed by atoms with Crippen molar-refractivity contribution in [2.24, 2.45) is 0 Å². The molecule has 2 heterocycles. The maximum atomic E-state index is 13.4. The highest BCUT2D eigenvalue weighted by Crippen LogP contribution is 2.33. The molecule has 0 aliphatic carbocycles. The third kappa shape index (κ3) is 4.47. The minimum absolute atomic E-state index is 0.0299. The van der Waals surface area contributed by atoms with Crippen LogP contribution in [0.25, 0.3) is 33.3 Å². The van der Waals surface area contributed by atoms with Crippen LogP contribution < -0.4 is 10.2 Å². The first-order valence-electron chi connectivity index (χ1n) is 11.2. The topological polar surface area (TPSA) is 69.7 Å². The third-order valence-electron chi connectivity index (χ3n) is 5.87. The second-order valence-electron chi connectivity index (χ2n) is 9.42. The highest BCUT2D eigenvalue weighted by atomic mass is 35.5. The molecule has 5 nitrogen and oxygen atoms in total. The van der Waals surface area contributed by atoms with Gasteiger partial charge in [0, 0.05) is 16.0 Å². The van der Waals surface area contributed by atoms with Gasteiger partial charge in [0.05, 0.1) is 5.39 Å². The third-order valence-corrected chi connectivity index (χ3v) is 6.11. The van der Waals surface area contributed by atoms with Crippen LogP contribution in [-0.4, -0.2) is 12.4 Å². The lowest BCUT2D eigenvalue weighted by Gasteiger charge is -2.19. The van der Waals surface area contributed by atoms with Crippen molar-refractivity contribution in [1.82, 2.24) is 0 Å². The van der Waals surface area contributed by atoms with Gasteiger partial charge in [-0.15, -0.1) is 0 Å². The molecule has 0 saturated carbocycles. The number of ether oxygens (including phenoxy) is 1. The highest BCUT2D eigenvalue weighted by molar-refractivity contribution is 6.31. The number of hydrogen-bond acceptors (Lipinski definition) is 5. The molecule has 0 aliphatic heterocycles. The maximum absolute atomic E-state index is 13.4. The molecule has 0 aliphatic rings. The summed E-state index contributed by atoms with van der Waals surface area (Å²) in [7, 11) is 0. The summed E-state index contributed by atoms with van der Waals surface area (Å²) < 4.78 is 17.6. The summed E-state index contributed by atoms with van der Waals surface area (Å²) in [6.45, 7) is 5.99. The Morgan fingerprint density at radius 1 is 0.914 bits per heavy atom. The van der Waals surface area contributed by atoms with Crippen LogP contribution in [0, 0.1) is 0 Å². The van der Waals surface area contributed by atoms with Crippen molar-refractivity contribution in [3.8, 4) is 17.1 Å². The van der Waals surface area contributed by atoms with Gasteiger partial charge in [-0.25, -0.2) is 0 Å². The number of hydrogen-bond donors (Lipinski definition) is 0. The Morgan fingerprint density at radius 2 is 1.66 bits per heavy atom. The average Bonchev–Trinajstić information content (AvgIpc) is 3.28. The van der Waals surface area contributed by atoms with Gasteiger partial charge in [0.15, 0.2) is 18.1 Å². The number of Topliss-reactive ketones (excluding diaryl/α,β-unsaturated/α-hetero) is 1. The molecular weight excluding hydrogens is 464 g/mol. The van der Waals surface area contributed by atoms with Crippen LogP contribution >= 0.6 is 11.6 Å². The molecule has 0 fully saturated rings.